The van der Waals surface area contributed by atoms with Gasteiger partial charge in [-0.1, -0.05) is 133 Å². The molecule has 0 atom stereocenters. The molecule has 0 aliphatic rings. The molecular weight excluding hydrogens is 1580 g/mol. The number of ether oxygens (including phenoxy) is 3. The van der Waals surface area contributed by atoms with Crippen molar-refractivity contribution in [3.63, 3.8) is 0 Å². The SMILES string of the molecule is CCCCCCCC/C=C/CCCCCCCC(=O)OC(COC(=O)CCCCCCc1cc(CC(C(F)(F)F)(C(F)(F)F)C(F)(F)F)cc(CC(C(F)(F)F)(C(F)(F)F)C(F)(F)F)c1)COC(=O)CCCCCCc1cc(CC(C(F)(F)F)(C(F)(F)F)C(F)(F)F)cc(CC(C(F)(F)F)(C(F)(F)F)C(F)(F)F)c1. The Hall–Kier alpha value is -5.93. The summed E-state index contributed by atoms with van der Waals surface area (Å²) in [6.45, 7) is 0.317. The third-order valence-electron chi connectivity index (χ3n) is 17.9. The normalized spacial score (nSPS) is 14.3. The first-order valence-corrected chi connectivity index (χ1v) is 33.6. The van der Waals surface area contributed by atoms with Crippen molar-refractivity contribution in [1.29, 1.82) is 0 Å². The van der Waals surface area contributed by atoms with Gasteiger partial charge in [-0.25, -0.2) is 0 Å². The fourth-order valence-corrected chi connectivity index (χ4v) is 11.9. The lowest BCUT2D eigenvalue weighted by molar-refractivity contribution is -0.428. The molecule has 2 aromatic carbocycles. The van der Waals surface area contributed by atoms with Crippen molar-refractivity contribution in [1.82, 2.24) is 0 Å². The minimum absolute atomic E-state index is 0.0566. The zero-order chi connectivity index (χ0) is 84.2. The van der Waals surface area contributed by atoms with E-state index in [-0.39, 0.29) is 75.6 Å². The summed E-state index contributed by atoms with van der Waals surface area (Å²) in [6.07, 6.45) is -93.2. The van der Waals surface area contributed by atoms with Gasteiger partial charge in [0.1, 0.15) is 13.2 Å². The molecule has 0 amide bonds. The second kappa shape index (κ2) is 39.2. The lowest BCUT2D eigenvalue weighted by Crippen LogP contribution is -2.61. The van der Waals surface area contributed by atoms with E-state index in [4.69, 9.17) is 14.2 Å². The molecule has 0 unspecified atom stereocenters. The standard InChI is InChI=1S/C67H76F36O6/c1-2-3-4-5-6-7-8-9-10-11-12-13-14-15-24-29-51(106)109-48(40-107-49(104)27-22-18-16-20-25-42-30-44(36-52(56(68,69)70,57(71,72)73)58(74,75)76)34-45(31-42)37-53(59(77,78)79,60(80,81)82)61(83,84)85)41-108-50(105)28-23-19-17-21-26-43-32-46(38-54(62(86,87)88,63(89,90)91)64(92,93)94)35-47(33-43)39-55(65(95,96)97,66(98,99)100)67(101,102)103/h9-10,30-35,48H,2-8,11-29,36-41H2,1H3/b10-9+. The van der Waals surface area contributed by atoms with Crippen LogP contribution in [0.1, 0.15) is 194 Å². The molecule has 0 bridgehead atoms. The number of rotatable bonds is 42. The molecule has 6 nitrogen and oxygen atoms in total. The van der Waals surface area contributed by atoms with E-state index in [1.165, 1.54) is 0 Å². The Kier molecular flexibility index (Phi) is 35.7. The molecule has 0 aromatic heterocycles. The van der Waals surface area contributed by atoms with Crippen LogP contribution in [0, 0.1) is 21.7 Å². The smallest absolute Gasteiger partial charge is 0.412 e. The zero-order valence-electron chi connectivity index (χ0n) is 57.4. The van der Waals surface area contributed by atoms with Gasteiger partial charge >= 0.3 is 92.0 Å². The molecule has 0 aliphatic heterocycles. The summed E-state index contributed by atoms with van der Waals surface area (Å²) in [4.78, 5) is 38.7. The molecule has 0 radical (unpaired) electrons. The van der Waals surface area contributed by atoms with Gasteiger partial charge in [0.25, 0.3) is 21.7 Å². The number of allylic oxidation sites excluding steroid dienone is 2. The Bertz CT molecular complexity index is 2670. The van der Waals surface area contributed by atoms with Gasteiger partial charge in [0.15, 0.2) is 6.10 Å². The molecule has 632 valence electrons. The molecular formula is C67H76F36O6. The van der Waals surface area contributed by atoms with E-state index < -0.39 is 243 Å². The van der Waals surface area contributed by atoms with E-state index in [1.54, 1.807) is 0 Å². The summed E-state index contributed by atoms with van der Waals surface area (Å²) >= 11 is 0. The summed E-state index contributed by atoms with van der Waals surface area (Å²) < 4.78 is 517. The summed E-state index contributed by atoms with van der Waals surface area (Å²) in [5.74, 6) is -3.21. The molecule has 42 heteroatoms. The Morgan fingerprint density at radius 3 is 0.716 bits per heavy atom. The van der Waals surface area contributed by atoms with E-state index in [2.05, 4.69) is 19.1 Å². The highest BCUT2D eigenvalue weighted by Gasteiger charge is 2.86. The van der Waals surface area contributed by atoms with Crippen LogP contribution in [-0.4, -0.2) is 111 Å². The average Bonchev–Trinajstić information content (AvgIpc) is 0.733. The quantitative estimate of drug-likeness (QED) is 0.0217. The molecule has 0 heterocycles. The number of alkyl halides is 36. The van der Waals surface area contributed by atoms with Crippen LogP contribution in [0.2, 0.25) is 0 Å². The Morgan fingerprint density at radius 1 is 0.275 bits per heavy atom. The fraction of sp³-hybridized carbons (Fsp3) is 0.746. The monoisotopic (exact) mass is 1660 g/mol. The first-order valence-electron chi connectivity index (χ1n) is 33.6. The van der Waals surface area contributed by atoms with Gasteiger partial charge < -0.3 is 14.2 Å². The number of carbonyl (C=O) groups excluding carboxylic acids is 3. The number of hydrogen-bond acceptors (Lipinski definition) is 6. The number of halogens is 36. The van der Waals surface area contributed by atoms with Gasteiger partial charge in [0.05, 0.1) is 0 Å². The van der Waals surface area contributed by atoms with Crippen LogP contribution in [0.3, 0.4) is 0 Å². The van der Waals surface area contributed by atoms with Gasteiger partial charge in [0, 0.05) is 44.9 Å². The maximum atomic E-state index is 13.9. The second-order valence-corrected chi connectivity index (χ2v) is 26.3. The molecule has 0 N–H and O–H groups in total. The van der Waals surface area contributed by atoms with Gasteiger partial charge in [-0.05, 0) is 104 Å². The maximum Gasteiger partial charge on any atom is 0.412 e. The highest BCUT2D eigenvalue weighted by atomic mass is 19.5. The Labute approximate surface area is 600 Å². The molecule has 0 saturated carbocycles. The number of benzene rings is 2. The predicted octanol–water partition coefficient (Wildman–Crippen LogP) is 25.3. The molecule has 2 aromatic rings. The molecule has 0 aliphatic carbocycles. The van der Waals surface area contributed by atoms with Crippen LogP contribution in [-0.2, 0) is 67.1 Å². The van der Waals surface area contributed by atoms with Crippen LogP contribution in [0.4, 0.5) is 158 Å². The Morgan fingerprint density at radius 2 is 0.477 bits per heavy atom. The first-order chi connectivity index (χ1) is 49.4. The van der Waals surface area contributed by atoms with Gasteiger partial charge in [-0.3, -0.25) is 14.4 Å². The predicted molar refractivity (Wildman–Crippen MR) is 315 cm³/mol. The van der Waals surface area contributed by atoms with Crippen molar-refractivity contribution < 1.29 is 187 Å². The van der Waals surface area contributed by atoms with Crippen LogP contribution in [0.15, 0.2) is 48.6 Å². The Balaban J connectivity index is 2.34. The van der Waals surface area contributed by atoms with E-state index in [9.17, 15) is 172 Å². The lowest BCUT2D eigenvalue weighted by Gasteiger charge is -2.39. The molecule has 0 fully saturated rings. The van der Waals surface area contributed by atoms with E-state index >= 15 is 0 Å². The minimum Gasteiger partial charge on any atom is -0.462 e. The zero-order valence-corrected chi connectivity index (χ0v) is 57.4. The third-order valence-corrected chi connectivity index (χ3v) is 17.9. The van der Waals surface area contributed by atoms with Crippen LogP contribution in [0.25, 0.3) is 0 Å². The molecule has 109 heavy (non-hydrogen) atoms. The maximum absolute atomic E-state index is 13.9. The fourth-order valence-electron chi connectivity index (χ4n) is 11.9. The van der Waals surface area contributed by atoms with Gasteiger partial charge in [-0.2, -0.15) is 158 Å². The van der Waals surface area contributed by atoms with Crippen molar-refractivity contribution in [2.45, 2.75) is 280 Å². The number of hydrogen-bond donors (Lipinski definition) is 0. The lowest BCUT2D eigenvalue weighted by atomic mass is 9.76. The number of aryl methyl sites for hydroxylation is 2. The number of unbranched alkanes of at least 4 members (excludes halogenated alkanes) is 17. The first kappa shape index (κ1) is 99.1. The van der Waals surface area contributed by atoms with Crippen molar-refractivity contribution in [2.24, 2.45) is 21.7 Å². The van der Waals surface area contributed by atoms with Crippen molar-refractivity contribution >= 4 is 17.9 Å². The molecule has 2 rings (SSSR count). The third kappa shape index (κ3) is 26.9. The van der Waals surface area contributed by atoms with E-state index in [0.717, 1.165) is 64.2 Å². The van der Waals surface area contributed by atoms with Gasteiger partial charge in [0.2, 0.25) is 0 Å². The molecule has 0 spiro atoms. The van der Waals surface area contributed by atoms with Crippen molar-refractivity contribution in [3.05, 3.63) is 81.9 Å². The summed E-state index contributed by atoms with van der Waals surface area (Å²) in [6, 6.07) is -0.835. The minimum atomic E-state index is -7.36. The van der Waals surface area contributed by atoms with E-state index in [0.29, 0.717) is 12.8 Å². The van der Waals surface area contributed by atoms with Crippen LogP contribution in [0.5, 0.6) is 0 Å². The number of esters is 3. The second-order valence-electron chi connectivity index (χ2n) is 26.3. The van der Waals surface area contributed by atoms with Gasteiger partial charge in [-0.15, -0.1) is 0 Å². The van der Waals surface area contributed by atoms with Crippen LogP contribution < -0.4 is 0 Å². The van der Waals surface area contributed by atoms with Crippen LogP contribution >= 0.6 is 0 Å². The largest absolute Gasteiger partial charge is 0.462 e. The average molecular weight is 1660 g/mol. The summed E-state index contributed by atoms with van der Waals surface area (Å²) in [5.41, 5.74) is -36.8. The highest BCUT2D eigenvalue weighted by molar-refractivity contribution is 5.71. The summed E-state index contributed by atoms with van der Waals surface area (Å²) in [7, 11) is 0. The summed E-state index contributed by atoms with van der Waals surface area (Å²) in [5, 5.41) is 0. The highest BCUT2D eigenvalue weighted by Crippen LogP contribution is 2.66. The van der Waals surface area contributed by atoms with Crippen molar-refractivity contribution in [2.75, 3.05) is 13.2 Å². The van der Waals surface area contributed by atoms with Crippen molar-refractivity contribution in [3.8, 4) is 0 Å². The molecule has 0 saturated heterocycles. The number of carbonyl (C=O) groups is 3. The van der Waals surface area contributed by atoms with E-state index in [1.807, 2.05) is 0 Å². The topological polar surface area (TPSA) is 78.9 Å².